The maximum Gasteiger partial charge on any atom is 0.243 e. The van der Waals surface area contributed by atoms with Gasteiger partial charge in [-0.05, 0) is 25.7 Å². The Bertz CT molecular complexity index is 559. The lowest BCUT2D eigenvalue weighted by atomic mass is 9.96. The molecule has 1 aromatic heterocycles. The first-order valence-corrected chi connectivity index (χ1v) is 9.40. The molecule has 0 radical (unpaired) electrons. The minimum absolute atomic E-state index is 0.0867. The first-order chi connectivity index (χ1) is 10.1. The highest BCUT2D eigenvalue weighted by Gasteiger charge is 2.23. The van der Waals surface area contributed by atoms with Crippen molar-refractivity contribution in [2.24, 2.45) is 0 Å². The van der Waals surface area contributed by atoms with Gasteiger partial charge in [0.1, 0.15) is 4.90 Å². The molecule has 0 aromatic carbocycles. The average Bonchev–Trinajstić information content (AvgIpc) is 3.15. The summed E-state index contributed by atoms with van der Waals surface area (Å²) in [6, 6.07) is 0.750. The fourth-order valence-electron chi connectivity index (χ4n) is 2.78. The van der Waals surface area contributed by atoms with Crippen molar-refractivity contribution in [2.75, 3.05) is 6.54 Å². The average molecular weight is 312 g/mol. The molecule has 2 aliphatic carbocycles. The Morgan fingerprint density at radius 1 is 1.14 bits per heavy atom. The van der Waals surface area contributed by atoms with Crippen LogP contribution in [0.1, 0.15) is 44.9 Å². The molecule has 0 aliphatic heterocycles. The highest BCUT2D eigenvalue weighted by molar-refractivity contribution is 7.89. The van der Waals surface area contributed by atoms with E-state index in [2.05, 4.69) is 15.1 Å². The van der Waals surface area contributed by atoms with Gasteiger partial charge >= 0.3 is 0 Å². The number of hydrogen-bond acceptors (Lipinski definition) is 4. The zero-order chi connectivity index (χ0) is 14.7. The summed E-state index contributed by atoms with van der Waals surface area (Å²) >= 11 is 0. The molecule has 0 atom stereocenters. The maximum absolute atomic E-state index is 12.3. The van der Waals surface area contributed by atoms with Crippen molar-refractivity contribution >= 4 is 10.0 Å². The van der Waals surface area contributed by atoms with Crippen molar-refractivity contribution in [1.29, 1.82) is 0 Å². The summed E-state index contributed by atoms with van der Waals surface area (Å²) in [7, 11) is -3.42. The van der Waals surface area contributed by atoms with Crippen molar-refractivity contribution in [3.05, 3.63) is 12.4 Å². The second-order valence-corrected chi connectivity index (χ2v) is 7.84. The predicted octanol–water partition coefficient (Wildman–Crippen LogP) is 1.25. The summed E-state index contributed by atoms with van der Waals surface area (Å²) in [5, 5.41) is 7.54. The normalized spacial score (nSPS) is 20.8. The third-order valence-corrected chi connectivity index (χ3v) is 5.67. The lowest BCUT2D eigenvalue weighted by Crippen LogP contribution is -2.36. The third-order valence-electron chi connectivity index (χ3n) is 4.20. The van der Waals surface area contributed by atoms with Crippen LogP contribution in [0.5, 0.6) is 0 Å². The van der Waals surface area contributed by atoms with Gasteiger partial charge in [0.05, 0.1) is 12.7 Å². The lowest BCUT2D eigenvalue weighted by molar-refractivity contribution is 0.412. The second-order valence-electron chi connectivity index (χ2n) is 6.12. The van der Waals surface area contributed by atoms with Crippen LogP contribution in [-0.4, -0.2) is 36.8 Å². The van der Waals surface area contributed by atoms with Gasteiger partial charge in [0.25, 0.3) is 0 Å². The molecule has 1 aromatic rings. The van der Waals surface area contributed by atoms with Gasteiger partial charge in [-0.3, -0.25) is 4.68 Å². The number of aromatic nitrogens is 2. The molecule has 2 fully saturated rings. The standard InChI is InChI=1S/C14H24N4O2S/c19-21(20,17-13-4-2-1-3-5-13)14-10-16-18(11-14)9-8-15-12-6-7-12/h10-13,15,17H,1-9H2. The van der Waals surface area contributed by atoms with Gasteiger partial charge in [-0.1, -0.05) is 19.3 Å². The van der Waals surface area contributed by atoms with E-state index in [4.69, 9.17) is 0 Å². The molecule has 0 spiro atoms. The summed E-state index contributed by atoms with van der Waals surface area (Å²) in [5.41, 5.74) is 0. The maximum atomic E-state index is 12.3. The molecular weight excluding hydrogens is 288 g/mol. The topological polar surface area (TPSA) is 76.0 Å². The molecular formula is C14H24N4O2S. The van der Waals surface area contributed by atoms with Crippen LogP contribution in [-0.2, 0) is 16.6 Å². The second kappa shape index (κ2) is 6.46. The third kappa shape index (κ3) is 4.28. The van der Waals surface area contributed by atoms with Crippen molar-refractivity contribution in [2.45, 2.75) is 68.5 Å². The van der Waals surface area contributed by atoms with E-state index in [0.717, 1.165) is 32.2 Å². The van der Waals surface area contributed by atoms with Gasteiger partial charge in [-0.15, -0.1) is 0 Å². The molecule has 0 unspecified atom stereocenters. The van der Waals surface area contributed by atoms with Crippen LogP contribution >= 0.6 is 0 Å². The number of hydrogen-bond donors (Lipinski definition) is 2. The molecule has 2 aliphatic rings. The first-order valence-electron chi connectivity index (χ1n) is 7.92. The fraction of sp³-hybridized carbons (Fsp3) is 0.786. The Kier molecular flexibility index (Phi) is 4.61. The number of nitrogens with zero attached hydrogens (tertiary/aromatic N) is 2. The zero-order valence-corrected chi connectivity index (χ0v) is 13.1. The molecule has 118 valence electrons. The molecule has 6 nitrogen and oxygen atoms in total. The van der Waals surface area contributed by atoms with Crippen LogP contribution in [0, 0.1) is 0 Å². The minimum Gasteiger partial charge on any atom is -0.312 e. The highest BCUT2D eigenvalue weighted by atomic mass is 32.2. The number of nitrogens with one attached hydrogen (secondary N) is 2. The van der Waals surface area contributed by atoms with Crippen LogP contribution in [0.3, 0.4) is 0 Å². The summed E-state index contributed by atoms with van der Waals surface area (Å²) in [6.45, 7) is 1.54. The van der Waals surface area contributed by atoms with Gasteiger partial charge in [-0.2, -0.15) is 5.10 Å². The Morgan fingerprint density at radius 2 is 1.90 bits per heavy atom. The highest BCUT2D eigenvalue weighted by Crippen LogP contribution is 2.20. The molecule has 7 heteroatoms. The largest absolute Gasteiger partial charge is 0.312 e. The van der Waals surface area contributed by atoms with Crippen LogP contribution < -0.4 is 10.0 Å². The van der Waals surface area contributed by atoms with Crippen LogP contribution in [0.2, 0.25) is 0 Å². The summed E-state index contributed by atoms with van der Waals surface area (Å²) in [6.07, 6.45) is 10.9. The van der Waals surface area contributed by atoms with Crippen LogP contribution in [0.4, 0.5) is 0 Å². The van der Waals surface area contributed by atoms with Crippen molar-refractivity contribution < 1.29 is 8.42 Å². The zero-order valence-electron chi connectivity index (χ0n) is 12.3. The predicted molar refractivity (Wildman–Crippen MR) is 80.4 cm³/mol. The van der Waals surface area contributed by atoms with Gasteiger partial charge in [0.15, 0.2) is 0 Å². The molecule has 1 heterocycles. The van der Waals surface area contributed by atoms with Crippen molar-refractivity contribution in [3.8, 4) is 0 Å². The minimum atomic E-state index is -3.42. The van der Waals surface area contributed by atoms with E-state index in [-0.39, 0.29) is 10.9 Å². The lowest BCUT2D eigenvalue weighted by Gasteiger charge is -2.22. The summed E-state index contributed by atoms with van der Waals surface area (Å²) in [4.78, 5) is 0.277. The quantitative estimate of drug-likeness (QED) is 0.794. The van der Waals surface area contributed by atoms with Crippen molar-refractivity contribution in [1.82, 2.24) is 19.8 Å². The Balaban J connectivity index is 1.55. The Hall–Kier alpha value is -0.920. The molecule has 2 saturated carbocycles. The smallest absolute Gasteiger partial charge is 0.243 e. The van der Waals surface area contributed by atoms with Crippen molar-refractivity contribution in [3.63, 3.8) is 0 Å². The van der Waals surface area contributed by atoms with E-state index < -0.39 is 10.0 Å². The summed E-state index contributed by atoms with van der Waals surface area (Å²) < 4.78 is 29.2. The number of sulfonamides is 1. The van der Waals surface area contributed by atoms with E-state index in [1.807, 2.05) is 0 Å². The molecule has 3 rings (SSSR count). The number of rotatable bonds is 7. The molecule has 0 saturated heterocycles. The Labute approximate surface area is 126 Å². The fourth-order valence-corrected chi connectivity index (χ4v) is 4.04. The van der Waals surface area contributed by atoms with Gasteiger partial charge in [0, 0.05) is 24.8 Å². The summed E-state index contributed by atoms with van der Waals surface area (Å²) in [5.74, 6) is 0. The monoisotopic (exact) mass is 312 g/mol. The first kappa shape index (κ1) is 15.0. The van der Waals surface area contributed by atoms with E-state index in [9.17, 15) is 8.42 Å². The van der Waals surface area contributed by atoms with Gasteiger partial charge < -0.3 is 5.32 Å². The van der Waals surface area contributed by atoms with Gasteiger partial charge in [0.2, 0.25) is 10.0 Å². The van der Waals surface area contributed by atoms with E-state index in [1.165, 1.54) is 25.5 Å². The van der Waals surface area contributed by atoms with Crippen LogP contribution in [0.25, 0.3) is 0 Å². The molecule has 2 N–H and O–H groups in total. The SMILES string of the molecule is O=S(=O)(NC1CCCCC1)c1cnn(CCNC2CC2)c1. The van der Waals surface area contributed by atoms with E-state index in [1.54, 1.807) is 10.9 Å². The molecule has 0 bridgehead atoms. The molecule has 21 heavy (non-hydrogen) atoms. The van der Waals surface area contributed by atoms with E-state index >= 15 is 0 Å². The molecule has 0 amide bonds. The Morgan fingerprint density at radius 3 is 2.62 bits per heavy atom. The van der Waals surface area contributed by atoms with E-state index in [0.29, 0.717) is 12.6 Å². The van der Waals surface area contributed by atoms with Gasteiger partial charge in [-0.25, -0.2) is 13.1 Å². The van der Waals surface area contributed by atoms with Crippen LogP contribution in [0.15, 0.2) is 17.3 Å².